The van der Waals surface area contributed by atoms with Gasteiger partial charge in [-0.25, -0.2) is 16.8 Å². The number of rotatable bonds is 6. The summed E-state index contributed by atoms with van der Waals surface area (Å²) in [5.74, 6) is -0.779. The molecule has 2 fully saturated rings. The molecule has 9 nitrogen and oxygen atoms in total. The fourth-order valence-corrected chi connectivity index (χ4v) is 7.47. The van der Waals surface area contributed by atoms with E-state index in [4.69, 9.17) is 4.42 Å². The van der Waals surface area contributed by atoms with Crippen LogP contribution in [0, 0.1) is 6.92 Å². The number of nitrogens with one attached hydrogen (secondary N) is 1. The minimum absolute atomic E-state index is 0.00318. The van der Waals surface area contributed by atoms with Crippen molar-refractivity contribution in [3.8, 4) is 0 Å². The molecule has 0 aliphatic carbocycles. The third kappa shape index (κ3) is 4.34. The molecule has 32 heavy (non-hydrogen) atoms. The van der Waals surface area contributed by atoms with E-state index in [0.29, 0.717) is 26.2 Å². The van der Waals surface area contributed by atoms with E-state index in [1.54, 1.807) is 12.1 Å². The molecule has 0 bridgehead atoms. The van der Waals surface area contributed by atoms with Crippen molar-refractivity contribution >= 4 is 31.6 Å². The average molecular weight is 482 g/mol. The summed E-state index contributed by atoms with van der Waals surface area (Å²) in [5, 5.41) is 2.59. The smallest absolute Gasteiger partial charge is 0.291 e. The Kier molecular flexibility index (Phi) is 6.44. The van der Waals surface area contributed by atoms with Crippen molar-refractivity contribution in [3.63, 3.8) is 0 Å². The lowest BCUT2D eigenvalue weighted by Gasteiger charge is -2.26. The van der Waals surface area contributed by atoms with Crippen LogP contribution in [0.3, 0.4) is 0 Å². The lowest BCUT2D eigenvalue weighted by atomic mass is 10.2. The maximum atomic E-state index is 13.1. The number of para-hydroxylation sites is 1. The van der Waals surface area contributed by atoms with Gasteiger partial charge in [0.25, 0.3) is 5.91 Å². The van der Waals surface area contributed by atoms with Crippen LogP contribution in [0.1, 0.15) is 48.4 Å². The zero-order chi connectivity index (χ0) is 22.9. The topological polar surface area (TPSA) is 117 Å². The Morgan fingerprint density at radius 1 is 0.844 bits per heavy atom. The number of amides is 1. The van der Waals surface area contributed by atoms with Crippen molar-refractivity contribution < 1.29 is 26.0 Å². The van der Waals surface area contributed by atoms with E-state index in [-0.39, 0.29) is 27.0 Å². The van der Waals surface area contributed by atoms with E-state index in [1.165, 1.54) is 33.7 Å². The van der Waals surface area contributed by atoms with E-state index in [0.717, 1.165) is 32.1 Å². The highest BCUT2D eigenvalue weighted by atomic mass is 32.2. The van der Waals surface area contributed by atoms with Gasteiger partial charge in [0.15, 0.2) is 5.76 Å². The lowest BCUT2D eigenvalue weighted by molar-refractivity contribution is 0.0995. The first-order valence-electron chi connectivity index (χ1n) is 10.7. The van der Waals surface area contributed by atoms with Gasteiger partial charge in [0.1, 0.15) is 15.6 Å². The molecule has 4 rings (SSSR count). The number of piperidine rings is 1. The van der Waals surface area contributed by atoms with Gasteiger partial charge < -0.3 is 9.73 Å². The molecule has 174 valence electrons. The first-order valence-corrected chi connectivity index (χ1v) is 13.6. The monoisotopic (exact) mass is 481 g/mol. The van der Waals surface area contributed by atoms with Gasteiger partial charge in [0.2, 0.25) is 20.0 Å². The first kappa shape index (κ1) is 23.0. The zero-order valence-corrected chi connectivity index (χ0v) is 19.5. The second kappa shape index (κ2) is 8.97. The number of hydrogen-bond acceptors (Lipinski definition) is 6. The van der Waals surface area contributed by atoms with Crippen molar-refractivity contribution in [2.75, 3.05) is 31.5 Å². The number of benzene rings is 1. The van der Waals surface area contributed by atoms with Crippen LogP contribution in [0.25, 0.3) is 0 Å². The highest BCUT2D eigenvalue weighted by molar-refractivity contribution is 7.89. The van der Waals surface area contributed by atoms with Gasteiger partial charge in [-0.1, -0.05) is 18.6 Å². The Hall–Kier alpha value is -2.21. The molecule has 0 saturated carbocycles. The van der Waals surface area contributed by atoms with Crippen LogP contribution in [-0.2, 0) is 20.0 Å². The van der Waals surface area contributed by atoms with Crippen LogP contribution in [0.2, 0.25) is 0 Å². The molecule has 3 heterocycles. The molecule has 0 spiro atoms. The first-order chi connectivity index (χ1) is 15.2. The molecule has 11 heteroatoms. The lowest BCUT2D eigenvalue weighted by Crippen LogP contribution is -2.36. The van der Waals surface area contributed by atoms with Crippen LogP contribution in [0.15, 0.2) is 44.5 Å². The van der Waals surface area contributed by atoms with Gasteiger partial charge in [-0.3, -0.25) is 4.79 Å². The summed E-state index contributed by atoms with van der Waals surface area (Å²) in [7, 11) is -7.52. The summed E-state index contributed by atoms with van der Waals surface area (Å²) >= 11 is 0. The number of furan rings is 1. The van der Waals surface area contributed by atoms with E-state index >= 15 is 0 Å². The molecule has 2 aliphatic heterocycles. The highest BCUT2D eigenvalue weighted by Gasteiger charge is 2.33. The van der Waals surface area contributed by atoms with Crippen molar-refractivity contribution in [2.45, 2.75) is 48.8 Å². The number of nitrogens with zero attached hydrogens (tertiary/aromatic N) is 2. The quantitative estimate of drug-likeness (QED) is 0.678. The Bertz CT molecular complexity index is 1210. The number of carbonyl (C=O) groups is 1. The molecule has 0 unspecified atom stereocenters. The van der Waals surface area contributed by atoms with Gasteiger partial charge >= 0.3 is 0 Å². The molecule has 2 aromatic rings. The minimum Gasteiger partial charge on any atom is -0.455 e. The van der Waals surface area contributed by atoms with Gasteiger partial charge in [-0.2, -0.15) is 8.61 Å². The molecule has 0 atom stereocenters. The molecule has 1 aromatic carbocycles. The Morgan fingerprint density at radius 2 is 1.38 bits per heavy atom. The number of carbonyl (C=O) groups excluding carboxylic acids is 1. The maximum absolute atomic E-state index is 13.1. The van der Waals surface area contributed by atoms with Gasteiger partial charge in [-0.15, -0.1) is 0 Å². The second-order valence-electron chi connectivity index (χ2n) is 8.06. The zero-order valence-electron chi connectivity index (χ0n) is 17.9. The number of hydrogen-bond donors (Lipinski definition) is 1. The summed E-state index contributed by atoms with van der Waals surface area (Å²) < 4.78 is 60.2. The molecule has 1 amide bonds. The van der Waals surface area contributed by atoms with Crippen LogP contribution >= 0.6 is 0 Å². The number of anilines is 1. The Labute approximate surface area is 188 Å². The molecular formula is C21H27N3O6S2. The van der Waals surface area contributed by atoms with E-state index < -0.39 is 26.0 Å². The standard InChI is InChI=1S/C21H27N3O6S2/c1-16-20(32(28,29)24-13-7-8-14-24)15-18(30-16)21(25)22-17-9-3-4-10-19(17)31(26,27)23-11-5-2-6-12-23/h3-4,9-10,15H,2,5-8,11-14H2,1H3,(H,22,25). The fourth-order valence-electron chi connectivity index (χ4n) is 4.12. The van der Waals surface area contributed by atoms with Crippen LogP contribution in [-0.4, -0.2) is 57.5 Å². The van der Waals surface area contributed by atoms with Crippen molar-refractivity contribution in [2.24, 2.45) is 0 Å². The summed E-state index contributed by atoms with van der Waals surface area (Å²) in [6.45, 7) is 3.26. The molecule has 0 radical (unpaired) electrons. The van der Waals surface area contributed by atoms with Crippen LogP contribution < -0.4 is 5.32 Å². The SMILES string of the molecule is Cc1oc(C(=O)Nc2ccccc2S(=O)(=O)N2CCCCC2)cc1S(=O)(=O)N1CCCC1. The van der Waals surface area contributed by atoms with Gasteiger partial charge in [0.05, 0.1) is 5.69 Å². The third-order valence-corrected chi connectivity index (χ3v) is 9.81. The summed E-state index contributed by atoms with van der Waals surface area (Å²) in [6.07, 6.45) is 4.18. The van der Waals surface area contributed by atoms with E-state index in [1.807, 2.05) is 0 Å². The minimum atomic E-state index is -3.77. The fraction of sp³-hybridized carbons (Fsp3) is 0.476. The summed E-state index contributed by atoms with van der Waals surface area (Å²) in [5.41, 5.74) is 0.126. The van der Waals surface area contributed by atoms with Gasteiger partial charge in [0, 0.05) is 32.2 Å². The maximum Gasteiger partial charge on any atom is 0.291 e. The average Bonchev–Trinajstić information content (AvgIpc) is 3.45. The molecule has 2 saturated heterocycles. The predicted octanol–water partition coefficient (Wildman–Crippen LogP) is 2.80. The van der Waals surface area contributed by atoms with Crippen LogP contribution in [0.5, 0.6) is 0 Å². The van der Waals surface area contributed by atoms with E-state index in [9.17, 15) is 21.6 Å². The molecular weight excluding hydrogens is 454 g/mol. The normalized spacial score (nSPS) is 18.7. The summed E-state index contributed by atoms with van der Waals surface area (Å²) in [6, 6.07) is 7.40. The Balaban J connectivity index is 1.59. The van der Waals surface area contributed by atoms with Crippen LogP contribution in [0.4, 0.5) is 5.69 Å². The van der Waals surface area contributed by atoms with Crippen molar-refractivity contribution in [1.82, 2.24) is 8.61 Å². The number of aryl methyl sites for hydroxylation is 1. The molecule has 2 aliphatic rings. The molecule has 1 aromatic heterocycles. The largest absolute Gasteiger partial charge is 0.455 e. The highest BCUT2D eigenvalue weighted by Crippen LogP contribution is 2.29. The second-order valence-corrected chi connectivity index (χ2v) is 11.9. The Morgan fingerprint density at radius 3 is 2.00 bits per heavy atom. The van der Waals surface area contributed by atoms with Crippen molar-refractivity contribution in [3.05, 3.63) is 41.9 Å². The summed E-state index contributed by atoms with van der Waals surface area (Å²) in [4.78, 5) is 12.8. The van der Waals surface area contributed by atoms with Gasteiger partial charge in [-0.05, 0) is 44.7 Å². The predicted molar refractivity (Wildman–Crippen MR) is 118 cm³/mol. The third-order valence-electron chi connectivity index (χ3n) is 5.85. The number of sulfonamides is 2. The van der Waals surface area contributed by atoms with E-state index in [2.05, 4.69) is 5.32 Å². The van der Waals surface area contributed by atoms with Crippen molar-refractivity contribution in [1.29, 1.82) is 0 Å². The molecule has 1 N–H and O–H groups in total.